The van der Waals surface area contributed by atoms with Gasteiger partial charge in [0.25, 0.3) is 5.91 Å². The summed E-state index contributed by atoms with van der Waals surface area (Å²) in [6.07, 6.45) is 2.95. The molecular weight excluding hydrogens is 426 g/mol. The molecule has 0 saturated heterocycles. The van der Waals surface area contributed by atoms with E-state index >= 15 is 0 Å². The molecule has 12 nitrogen and oxygen atoms in total. The van der Waals surface area contributed by atoms with Crippen molar-refractivity contribution < 1.29 is 18.4 Å². The third-order valence-electron chi connectivity index (χ3n) is 4.92. The maximum Gasteiger partial charge on any atom is 0.273 e. The summed E-state index contributed by atoms with van der Waals surface area (Å²) in [5.41, 5.74) is -0.0212. The molecule has 0 radical (unpaired) electrons. The van der Waals surface area contributed by atoms with Crippen LogP contribution < -0.4 is 20.7 Å². The van der Waals surface area contributed by atoms with Crippen LogP contribution in [0.1, 0.15) is 33.0 Å². The van der Waals surface area contributed by atoms with Crippen LogP contribution in [-0.2, 0) is 11.8 Å². The molecule has 2 amide bonds. The van der Waals surface area contributed by atoms with Crippen LogP contribution in [0.2, 0.25) is 0 Å². The van der Waals surface area contributed by atoms with Gasteiger partial charge in [-0.25, -0.2) is 4.98 Å². The van der Waals surface area contributed by atoms with Crippen LogP contribution in [0.3, 0.4) is 0 Å². The SMILES string of the molecule is [2H]C([2H])([2H])NC(=O)c1nnc(NC(=O)C2CC2)c(C#N)c1Nc1cccc(-c2ncn(C)n2)c1OC. The molecule has 1 aliphatic rings. The molecule has 12 heteroatoms. The minimum atomic E-state index is -2.82. The largest absolute Gasteiger partial charge is 0.494 e. The smallest absolute Gasteiger partial charge is 0.273 e. The van der Waals surface area contributed by atoms with Gasteiger partial charge in [0, 0.05) is 24.1 Å². The van der Waals surface area contributed by atoms with E-state index in [9.17, 15) is 14.9 Å². The number of ether oxygens (including phenoxy) is 1. The summed E-state index contributed by atoms with van der Waals surface area (Å²) in [6.45, 7) is -2.82. The fourth-order valence-corrected chi connectivity index (χ4v) is 3.17. The van der Waals surface area contributed by atoms with Gasteiger partial charge in [0.15, 0.2) is 23.1 Å². The average Bonchev–Trinajstić information content (AvgIpc) is 3.58. The Hall–Kier alpha value is -4.53. The zero-order valence-corrected chi connectivity index (χ0v) is 17.7. The number of benzene rings is 1. The first-order valence-electron chi connectivity index (χ1n) is 11.4. The quantitative estimate of drug-likeness (QED) is 0.486. The summed E-state index contributed by atoms with van der Waals surface area (Å²) in [5.74, 6) is -1.12. The molecule has 2 aromatic heterocycles. The second kappa shape index (κ2) is 8.91. The van der Waals surface area contributed by atoms with E-state index < -0.39 is 18.6 Å². The lowest BCUT2D eigenvalue weighted by atomic mass is 10.1. The van der Waals surface area contributed by atoms with E-state index in [0.717, 1.165) is 12.8 Å². The Bertz CT molecular complexity index is 1380. The molecule has 33 heavy (non-hydrogen) atoms. The number of hydrogen-bond acceptors (Lipinski definition) is 9. The van der Waals surface area contributed by atoms with Crippen LogP contribution in [0.15, 0.2) is 24.5 Å². The van der Waals surface area contributed by atoms with Gasteiger partial charge in [-0.1, -0.05) is 6.07 Å². The fraction of sp³-hybridized carbons (Fsp3) is 0.286. The number of methoxy groups -OCH3 is 1. The molecule has 0 spiro atoms. The van der Waals surface area contributed by atoms with Crippen molar-refractivity contribution in [3.8, 4) is 23.2 Å². The van der Waals surface area contributed by atoms with Crippen LogP contribution in [0.4, 0.5) is 17.2 Å². The Labute approximate surface area is 193 Å². The lowest BCUT2D eigenvalue weighted by Gasteiger charge is -2.17. The number of nitriles is 1. The number of aromatic nitrogens is 5. The van der Waals surface area contributed by atoms with Crippen molar-refractivity contribution in [3.63, 3.8) is 0 Å². The summed E-state index contributed by atoms with van der Waals surface area (Å²) < 4.78 is 29.1. The van der Waals surface area contributed by atoms with E-state index in [4.69, 9.17) is 8.85 Å². The molecule has 3 N–H and O–H groups in total. The molecule has 0 atom stereocenters. The van der Waals surface area contributed by atoms with Crippen LogP contribution >= 0.6 is 0 Å². The fourth-order valence-electron chi connectivity index (χ4n) is 3.17. The molecule has 1 saturated carbocycles. The highest BCUT2D eigenvalue weighted by molar-refractivity contribution is 6.02. The third kappa shape index (κ3) is 4.29. The summed E-state index contributed by atoms with van der Waals surface area (Å²) in [7, 11) is 3.13. The number of amides is 2. The van der Waals surface area contributed by atoms with E-state index in [2.05, 4.69) is 30.9 Å². The Balaban J connectivity index is 1.83. The van der Waals surface area contributed by atoms with Gasteiger partial charge in [0.1, 0.15) is 18.0 Å². The van der Waals surface area contributed by atoms with E-state index in [0.29, 0.717) is 17.1 Å². The first kappa shape index (κ1) is 18.1. The maximum absolute atomic E-state index is 12.8. The standard InChI is InChI=1S/C21H21N9O3/c1-23-21(32)16-15(13(9-22)19(28-27-16)26-20(31)11-7-8-11)25-14-6-4-5-12(17(14)33-3)18-24-10-30(2)29-18/h4-6,10-11H,7-8H2,1-3H3,(H,23,32)(H2,25,26,28,31)/i1D3. The Kier molecular flexibility index (Phi) is 4.88. The van der Waals surface area contributed by atoms with Crippen LogP contribution in [-0.4, -0.2) is 50.9 Å². The number of anilines is 3. The summed E-state index contributed by atoms with van der Waals surface area (Å²) in [6, 6.07) is 6.93. The van der Waals surface area contributed by atoms with Gasteiger partial charge in [-0.15, -0.1) is 10.2 Å². The zero-order chi connectivity index (χ0) is 26.0. The number of aryl methyl sites for hydroxylation is 1. The van der Waals surface area contributed by atoms with E-state index in [1.54, 1.807) is 25.2 Å². The van der Waals surface area contributed by atoms with Crippen LogP contribution in [0, 0.1) is 17.2 Å². The number of para-hydroxylation sites is 1. The maximum atomic E-state index is 12.8. The third-order valence-corrected chi connectivity index (χ3v) is 4.92. The summed E-state index contributed by atoms with van der Waals surface area (Å²) in [4.78, 5) is 29.3. The molecule has 0 bridgehead atoms. The Morgan fingerprint density at radius 2 is 2.15 bits per heavy atom. The molecule has 2 heterocycles. The second-order valence-corrected chi connectivity index (χ2v) is 7.23. The summed E-state index contributed by atoms with van der Waals surface area (Å²) >= 11 is 0. The lowest BCUT2D eigenvalue weighted by Crippen LogP contribution is -2.24. The van der Waals surface area contributed by atoms with Gasteiger partial charge in [-0.05, 0) is 25.0 Å². The number of carbonyl (C=O) groups is 2. The zero-order valence-electron chi connectivity index (χ0n) is 20.7. The predicted octanol–water partition coefficient (Wildman–Crippen LogP) is 1.60. The van der Waals surface area contributed by atoms with Crippen molar-refractivity contribution in [3.05, 3.63) is 35.8 Å². The number of carbonyl (C=O) groups excluding carboxylic acids is 2. The Morgan fingerprint density at radius 1 is 1.33 bits per heavy atom. The van der Waals surface area contributed by atoms with Gasteiger partial charge in [0.05, 0.1) is 24.0 Å². The minimum Gasteiger partial charge on any atom is -0.494 e. The van der Waals surface area contributed by atoms with Crippen molar-refractivity contribution >= 4 is 29.0 Å². The molecule has 4 rings (SSSR count). The van der Waals surface area contributed by atoms with Crippen molar-refractivity contribution in [2.75, 3.05) is 24.7 Å². The monoisotopic (exact) mass is 450 g/mol. The molecule has 1 aromatic carbocycles. The number of hydrogen-bond donors (Lipinski definition) is 3. The van der Waals surface area contributed by atoms with Gasteiger partial charge in [-0.2, -0.15) is 10.4 Å². The molecular formula is C21H21N9O3. The first-order valence-corrected chi connectivity index (χ1v) is 9.85. The molecule has 1 aliphatic carbocycles. The second-order valence-electron chi connectivity index (χ2n) is 7.23. The first-order chi connectivity index (χ1) is 17.1. The average molecular weight is 450 g/mol. The number of nitrogens with one attached hydrogen (secondary N) is 3. The van der Waals surface area contributed by atoms with Gasteiger partial charge in [0.2, 0.25) is 5.91 Å². The van der Waals surface area contributed by atoms with Crippen LogP contribution in [0.25, 0.3) is 11.4 Å². The molecule has 0 aliphatic heterocycles. The number of nitrogens with zero attached hydrogens (tertiary/aromatic N) is 6. The number of rotatable bonds is 7. The van der Waals surface area contributed by atoms with Crippen LogP contribution in [0.5, 0.6) is 5.75 Å². The lowest BCUT2D eigenvalue weighted by molar-refractivity contribution is -0.117. The normalized spacial score (nSPS) is 14.3. The minimum absolute atomic E-state index is 0.162. The van der Waals surface area contributed by atoms with E-state index in [1.807, 2.05) is 11.4 Å². The van der Waals surface area contributed by atoms with Gasteiger partial charge in [-0.3, -0.25) is 14.3 Å². The molecule has 3 aromatic rings. The van der Waals surface area contributed by atoms with Crippen molar-refractivity contribution in [1.29, 1.82) is 5.26 Å². The van der Waals surface area contributed by atoms with E-state index in [-0.39, 0.29) is 34.6 Å². The van der Waals surface area contributed by atoms with Crippen molar-refractivity contribution in [2.24, 2.45) is 13.0 Å². The van der Waals surface area contributed by atoms with Gasteiger partial charge >= 0.3 is 0 Å². The highest BCUT2D eigenvalue weighted by atomic mass is 16.5. The highest BCUT2D eigenvalue weighted by Gasteiger charge is 2.31. The van der Waals surface area contributed by atoms with E-state index in [1.165, 1.54) is 18.1 Å². The Morgan fingerprint density at radius 3 is 2.79 bits per heavy atom. The summed E-state index contributed by atoms with van der Waals surface area (Å²) in [5, 5.41) is 29.2. The highest BCUT2D eigenvalue weighted by Crippen LogP contribution is 2.38. The van der Waals surface area contributed by atoms with Crippen molar-refractivity contribution in [2.45, 2.75) is 12.8 Å². The topological polar surface area (TPSA) is 160 Å². The molecule has 168 valence electrons. The molecule has 0 unspecified atom stereocenters. The van der Waals surface area contributed by atoms with Gasteiger partial charge < -0.3 is 20.7 Å². The predicted molar refractivity (Wildman–Crippen MR) is 118 cm³/mol. The molecule has 1 fully saturated rings. The van der Waals surface area contributed by atoms with Crippen molar-refractivity contribution in [1.82, 2.24) is 30.3 Å².